The number of aromatic nitrogens is 3. The second-order valence-electron chi connectivity index (χ2n) is 7.26. The molecule has 0 unspecified atom stereocenters. The van der Waals surface area contributed by atoms with Crippen LogP contribution >= 0.6 is 0 Å². The van der Waals surface area contributed by atoms with Gasteiger partial charge in [-0.3, -0.25) is 14.5 Å². The van der Waals surface area contributed by atoms with Crippen molar-refractivity contribution in [2.45, 2.75) is 6.54 Å². The lowest BCUT2D eigenvalue weighted by atomic mass is 10.1. The maximum atomic E-state index is 12.5. The van der Waals surface area contributed by atoms with Crippen LogP contribution in [0, 0.1) is 0 Å². The van der Waals surface area contributed by atoms with Gasteiger partial charge in [0.15, 0.2) is 0 Å². The Morgan fingerprint density at radius 1 is 0.935 bits per heavy atom. The lowest BCUT2D eigenvalue weighted by molar-refractivity contribution is -0.118. The third-order valence-electron chi connectivity index (χ3n) is 4.92. The number of carbonyl (C=O) groups excluding carboxylic acids is 2. The van der Waals surface area contributed by atoms with E-state index in [9.17, 15) is 9.59 Å². The van der Waals surface area contributed by atoms with Crippen molar-refractivity contribution in [2.24, 2.45) is 0 Å². The van der Waals surface area contributed by atoms with Crippen molar-refractivity contribution >= 4 is 23.2 Å². The van der Waals surface area contributed by atoms with E-state index in [1.54, 1.807) is 47.4 Å². The highest BCUT2D eigenvalue weighted by molar-refractivity contribution is 6.04. The van der Waals surface area contributed by atoms with Crippen LogP contribution in [-0.4, -0.2) is 64.3 Å². The number of nitrogens with one attached hydrogen (secondary N) is 2. The highest BCUT2D eigenvalue weighted by Crippen LogP contribution is 2.15. The van der Waals surface area contributed by atoms with Crippen LogP contribution in [0.15, 0.2) is 61.2 Å². The zero-order chi connectivity index (χ0) is 21.5. The van der Waals surface area contributed by atoms with Crippen LogP contribution in [0.1, 0.15) is 15.9 Å². The number of anilines is 2. The molecular weight excluding hydrogens is 396 g/mol. The minimum Gasteiger partial charge on any atom is -0.379 e. The number of hydrogen-bond donors (Lipinski definition) is 2. The topological polar surface area (TPSA) is 101 Å². The van der Waals surface area contributed by atoms with Gasteiger partial charge in [-0.15, -0.1) is 0 Å². The summed E-state index contributed by atoms with van der Waals surface area (Å²) in [7, 11) is 0. The monoisotopic (exact) mass is 420 g/mol. The van der Waals surface area contributed by atoms with Gasteiger partial charge < -0.3 is 15.4 Å². The van der Waals surface area contributed by atoms with Gasteiger partial charge in [0.2, 0.25) is 5.91 Å². The summed E-state index contributed by atoms with van der Waals surface area (Å²) in [6.07, 6.45) is 3.14. The van der Waals surface area contributed by atoms with Crippen molar-refractivity contribution in [2.75, 3.05) is 43.5 Å². The summed E-state index contributed by atoms with van der Waals surface area (Å²) in [6, 6.07) is 14.4. The molecule has 1 aromatic heterocycles. The number of ether oxygens (including phenoxy) is 1. The summed E-state index contributed by atoms with van der Waals surface area (Å²) in [4.78, 5) is 30.7. The molecule has 31 heavy (non-hydrogen) atoms. The number of nitrogens with zero attached hydrogens (tertiary/aromatic N) is 4. The summed E-state index contributed by atoms with van der Waals surface area (Å²) in [5.41, 5.74) is 2.93. The molecule has 1 saturated heterocycles. The molecule has 2 heterocycles. The highest BCUT2D eigenvalue weighted by Gasteiger charge is 2.14. The Morgan fingerprint density at radius 3 is 2.26 bits per heavy atom. The van der Waals surface area contributed by atoms with Gasteiger partial charge in [-0.2, -0.15) is 5.10 Å². The number of morpholine rings is 1. The molecule has 2 N–H and O–H groups in total. The molecule has 1 fully saturated rings. The molecule has 9 nitrogen and oxygen atoms in total. The Morgan fingerprint density at radius 2 is 1.61 bits per heavy atom. The van der Waals surface area contributed by atoms with Gasteiger partial charge in [0.1, 0.15) is 12.7 Å². The molecule has 2 aromatic carbocycles. The Hall–Kier alpha value is -3.56. The van der Waals surface area contributed by atoms with Crippen LogP contribution < -0.4 is 10.6 Å². The maximum Gasteiger partial charge on any atom is 0.255 e. The Bertz CT molecular complexity index is 997. The van der Waals surface area contributed by atoms with Gasteiger partial charge in [-0.05, 0) is 42.0 Å². The summed E-state index contributed by atoms with van der Waals surface area (Å²) in [5, 5.41) is 9.82. The predicted octanol–water partition coefficient (Wildman–Crippen LogP) is 1.85. The fraction of sp³-hybridized carbons (Fsp3) is 0.273. The van der Waals surface area contributed by atoms with E-state index < -0.39 is 0 Å². The first kappa shape index (κ1) is 20.7. The van der Waals surface area contributed by atoms with Crippen molar-refractivity contribution in [1.82, 2.24) is 19.7 Å². The van der Waals surface area contributed by atoms with Crippen molar-refractivity contribution in [1.29, 1.82) is 0 Å². The van der Waals surface area contributed by atoms with Crippen LogP contribution in [0.5, 0.6) is 0 Å². The molecule has 3 aromatic rings. The van der Waals surface area contributed by atoms with E-state index in [-0.39, 0.29) is 11.8 Å². The molecule has 9 heteroatoms. The molecule has 0 radical (unpaired) electrons. The average Bonchev–Trinajstić information content (AvgIpc) is 3.29. The third-order valence-corrected chi connectivity index (χ3v) is 4.92. The summed E-state index contributed by atoms with van der Waals surface area (Å²) in [6.45, 7) is 3.79. The minimum absolute atomic E-state index is 0.0651. The van der Waals surface area contributed by atoms with Crippen LogP contribution in [-0.2, 0) is 16.1 Å². The quantitative estimate of drug-likeness (QED) is 0.605. The Kier molecular flexibility index (Phi) is 6.65. The van der Waals surface area contributed by atoms with Crippen LogP contribution in [0.2, 0.25) is 0 Å². The fourth-order valence-electron chi connectivity index (χ4n) is 3.27. The van der Waals surface area contributed by atoms with E-state index in [0.29, 0.717) is 43.2 Å². The molecule has 0 spiro atoms. The van der Waals surface area contributed by atoms with Gasteiger partial charge in [-0.1, -0.05) is 12.1 Å². The van der Waals surface area contributed by atoms with Crippen LogP contribution in [0.25, 0.3) is 0 Å². The molecule has 0 bridgehead atoms. The lowest BCUT2D eigenvalue weighted by Crippen LogP contribution is -2.41. The van der Waals surface area contributed by atoms with Crippen LogP contribution in [0.4, 0.5) is 11.4 Å². The normalized spacial score (nSPS) is 14.2. The smallest absolute Gasteiger partial charge is 0.255 e. The fourth-order valence-corrected chi connectivity index (χ4v) is 3.27. The van der Waals surface area contributed by atoms with Gasteiger partial charge in [-0.25, -0.2) is 9.67 Å². The van der Waals surface area contributed by atoms with E-state index in [2.05, 4.69) is 25.6 Å². The molecule has 1 aliphatic heterocycles. The molecule has 0 saturated carbocycles. The molecule has 0 atom stereocenters. The van der Waals surface area contributed by atoms with Gasteiger partial charge in [0.25, 0.3) is 5.91 Å². The number of carbonyl (C=O) groups is 2. The summed E-state index contributed by atoms with van der Waals surface area (Å²) in [5.74, 6) is -0.263. The van der Waals surface area contributed by atoms with Crippen molar-refractivity contribution in [3.8, 4) is 0 Å². The first-order valence-electron chi connectivity index (χ1n) is 10.1. The van der Waals surface area contributed by atoms with Crippen molar-refractivity contribution in [3.05, 3.63) is 72.3 Å². The highest BCUT2D eigenvalue weighted by atomic mass is 16.5. The van der Waals surface area contributed by atoms with Crippen molar-refractivity contribution < 1.29 is 14.3 Å². The van der Waals surface area contributed by atoms with Gasteiger partial charge >= 0.3 is 0 Å². The Labute approximate surface area is 180 Å². The second kappa shape index (κ2) is 9.96. The average molecular weight is 420 g/mol. The number of rotatable bonds is 7. The number of amides is 2. The minimum atomic E-state index is -0.198. The predicted molar refractivity (Wildman–Crippen MR) is 116 cm³/mol. The molecule has 0 aliphatic carbocycles. The molecule has 1 aliphatic rings. The maximum absolute atomic E-state index is 12.5. The lowest BCUT2D eigenvalue weighted by Gasteiger charge is -2.25. The molecule has 160 valence electrons. The van der Waals surface area contributed by atoms with Gasteiger partial charge in [0.05, 0.1) is 26.3 Å². The van der Waals surface area contributed by atoms with Crippen molar-refractivity contribution in [3.63, 3.8) is 0 Å². The van der Waals surface area contributed by atoms with E-state index in [1.165, 1.54) is 6.33 Å². The Balaban J connectivity index is 1.28. The van der Waals surface area contributed by atoms with E-state index >= 15 is 0 Å². The number of benzene rings is 2. The summed E-state index contributed by atoms with van der Waals surface area (Å²) >= 11 is 0. The third kappa shape index (κ3) is 5.97. The molecule has 4 rings (SSSR count). The standard InChI is InChI=1S/C22H24N6O3/c29-21(14-27-9-11-31-12-10-27)25-19-5-7-20(8-6-19)26-22(30)18-3-1-17(2-4-18)13-28-16-23-15-24-28/h1-8,15-16H,9-14H2,(H,25,29)(H,26,30). The summed E-state index contributed by atoms with van der Waals surface area (Å²) < 4.78 is 7.01. The van der Waals surface area contributed by atoms with E-state index in [1.807, 2.05) is 12.1 Å². The number of hydrogen-bond acceptors (Lipinski definition) is 6. The first-order chi connectivity index (χ1) is 15.2. The molecule has 2 amide bonds. The van der Waals surface area contributed by atoms with E-state index in [4.69, 9.17) is 4.74 Å². The molecular formula is C22H24N6O3. The van der Waals surface area contributed by atoms with Gasteiger partial charge in [0, 0.05) is 30.0 Å². The second-order valence-corrected chi connectivity index (χ2v) is 7.26. The largest absolute Gasteiger partial charge is 0.379 e. The SMILES string of the molecule is O=C(CN1CCOCC1)Nc1ccc(NC(=O)c2ccc(Cn3cncn3)cc2)cc1. The van der Waals surface area contributed by atoms with E-state index in [0.717, 1.165) is 18.7 Å². The zero-order valence-corrected chi connectivity index (χ0v) is 17.0. The zero-order valence-electron chi connectivity index (χ0n) is 17.0. The van der Waals surface area contributed by atoms with Crippen LogP contribution in [0.3, 0.4) is 0 Å². The first-order valence-corrected chi connectivity index (χ1v) is 10.1.